The van der Waals surface area contributed by atoms with E-state index >= 15 is 0 Å². The molecule has 2 aromatic carbocycles. The highest BCUT2D eigenvalue weighted by molar-refractivity contribution is 7.84. The molecule has 0 aliphatic rings. The number of rotatable bonds is 8. The van der Waals surface area contributed by atoms with Crippen LogP contribution in [-0.2, 0) is 17.5 Å². The van der Waals surface area contributed by atoms with E-state index in [1.165, 1.54) is 21.3 Å². The highest BCUT2D eigenvalue weighted by Gasteiger charge is 2.22. The first-order valence-corrected chi connectivity index (χ1v) is 10.2. The van der Waals surface area contributed by atoms with Crippen LogP contribution in [0.25, 0.3) is 0 Å². The summed E-state index contributed by atoms with van der Waals surface area (Å²) in [7, 11) is 2.59. The zero-order chi connectivity index (χ0) is 21.7. The van der Waals surface area contributed by atoms with Crippen molar-refractivity contribution in [3.8, 4) is 17.2 Å². The molecule has 1 unspecified atom stereocenters. The normalized spacial score (nSPS) is 11.6. The summed E-state index contributed by atoms with van der Waals surface area (Å²) in [5.74, 6) is 0.793. The van der Waals surface area contributed by atoms with Crippen LogP contribution in [-0.4, -0.2) is 41.2 Å². The Morgan fingerprint density at radius 2 is 1.87 bits per heavy atom. The number of aryl methyl sites for hydroxylation is 1. The first-order valence-electron chi connectivity index (χ1n) is 9.07. The molecule has 3 aromatic rings. The molecule has 1 heterocycles. The second kappa shape index (κ2) is 9.45. The van der Waals surface area contributed by atoms with Gasteiger partial charge in [0.1, 0.15) is 22.1 Å². The molecular formula is C21H23N3O5S. The summed E-state index contributed by atoms with van der Waals surface area (Å²) in [5, 5.41) is 4.18. The van der Waals surface area contributed by atoms with Crippen molar-refractivity contribution in [3.05, 3.63) is 65.5 Å². The Morgan fingerprint density at radius 1 is 1.10 bits per heavy atom. The first-order chi connectivity index (χ1) is 14.5. The molecule has 0 saturated heterocycles. The summed E-state index contributed by atoms with van der Waals surface area (Å²) in [5.41, 5.74) is 1.96. The average Bonchev–Trinajstić information content (AvgIpc) is 3.26. The SMILES string of the molecule is COc1cc(C(=O)NS(=O)c2c(OC)ccc(C)c2OC)ccc1Cn1cccn1. The van der Waals surface area contributed by atoms with Crippen LogP contribution in [0.1, 0.15) is 21.5 Å². The van der Waals surface area contributed by atoms with E-state index in [2.05, 4.69) is 9.82 Å². The van der Waals surface area contributed by atoms with E-state index < -0.39 is 16.9 Å². The molecule has 158 valence electrons. The predicted octanol–water partition coefficient (Wildman–Crippen LogP) is 2.72. The maximum absolute atomic E-state index is 12.9. The number of benzene rings is 2. The van der Waals surface area contributed by atoms with Gasteiger partial charge in [-0.05, 0) is 36.8 Å². The van der Waals surface area contributed by atoms with Gasteiger partial charge in [-0.2, -0.15) is 5.10 Å². The molecule has 9 heteroatoms. The van der Waals surface area contributed by atoms with Gasteiger partial charge in [0.05, 0.1) is 27.9 Å². The zero-order valence-corrected chi connectivity index (χ0v) is 18.0. The monoisotopic (exact) mass is 429 g/mol. The van der Waals surface area contributed by atoms with Crippen molar-refractivity contribution >= 4 is 16.9 Å². The van der Waals surface area contributed by atoms with Crippen molar-refractivity contribution in [1.29, 1.82) is 0 Å². The van der Waals surface area contributed by atoms with E-state index in [0.717, 1.165) is 11.1 Å². The van der Waals surface area contributed by atoms with Gasteiger partial charge >= 0.3 is 0 Å². The lowest BCUT2D eigenvalue weighted by molar-refractivity contribution is 0.0982. The molecule has 0 aliphatic carbocycles. The van der Waals surface area contributed by atoms with Crippen molar-refractivity contribution in [2.45, 2.75) is 18.4 Å². The first kappa shape index (κ1) is 21.4. The summed E-state index contributed by atoms with van der Waals surface area (Å²) in [6.07, 6.45) is 3.53. The standard InChI is InChI=1S/C21H23N3O5S/c1-14-6-9-17(27-2)20(19(14)29-4)30(26)23-21(25)15-7-8-16(18(12-15)28-3)13-24-11-5-10-22-24/h5-12H,13H2,1-4H3,(H,23,25). The third-order valence-corrected chi connectivity index (χ3v) is 5.64. The molecule has 0 aliphatic heterocycles. The Hall–Kier alpha value is -3.33. The Kier molecular flexibility index (Phi) is 6.73. The molecule has 1 atom stereocenters. The lowest BCUT2D eigenvalue weighted by Gasteiger charge is -2.15. The van der Waals surface area contributed by atoms with Crippen molar-refractivity contribution in [2.24, 2.45) is 0 Å². The van der Waals surface area contributed by atoms with Crippen LogP contribution in [0, 0.1) is 6.92 Å². The fourth-order valence-electron chi connectivity index (χ4n) is 3.01. The number of nitrogens with one attached hydrogen (secondary N) is 1. The van der Waals surface area contributed by atoms with Gasteiger partial charge in [0.2, 0.25) is 0 Å². The minimum absolute atomic E-state index is 0.274. The summed E-state index contributed by atoms with van der Waals surface area (Å²) in [6.45, 7) is 2.33. The second-order valence-corrected chi connectivity index (χ2v) is 7.53. The molecule has 0 fully saturated rings. The van der Waals surface area contributed by atoms with Gasteiger partial charge in [0.15, 0.2) is 11.0 Å². The molecule has 1 amide bonds. The van der Waals surface area contributed by atoms with E-state index in [1.54, 1.807) is 41.2 Å². The number of hydrogen-bond acceptors (Lipinski definition) is 6. The number of nitrogens with zero attached hydrogens (tertiary/aromatic N) is 2. The molecule has 8 nitrogen and oxygen atoms in total. The molecule has 30 heavy (non-hydrogen) atoms. The third kappa shape index (κ3) is 4.46. The largest absolute Gasteiger partial charge is 0.496 e. The number of amides is 1. The van der Waals surface area contributed by atoms with Crippen molar-refractivity contribution in [1.82, 2.24) is 14.5 Å². The number of aromatic nitrogens is 2. The van der Waals surface area contributed by atoms with Gasteiger partial charge in [-0.25, -0.2) is 4.21 Å². The molecular weight excluding hydrogens is 406 g/mol. The minimum atomic E-state index is -1.89. The summed E-state index contributed by atoms with van der Waals surface area (Å²) < 4.78 is 33.3. The Morgan fingerprint density at radius 3 is 2.50 bits per heavy atom. The highest BCUT2D eigenvalue weighted by Crippen LogP contribution is 2.34. The molecule has 1 aromatic heterocycles. The lowest BCUT2D eigenvalue weighted by atomic mass is 10.1. The van der Waals surface area contributed by atoms with Gasteiger partial charge in [0.25, 0.3) is 5.91 Å². The Balaban J connectivity index is 1.84. The third-order valence-electron chi connectivity index (χ3n) is 4.51. The van der Waals surface area contributed by atoms with Crippen LogP contribution in [0.4, 0.5) is 0 Å². The van der Waals surface area contributed by atoms with E-state index in [4.69, 9.17) is 14.2 Å². The molecule has 3 rings (SSSR count). The van der Waals surface area contributed by atoms with E-state index in [-0.39, 0.29) is 4.90 Å². The smallest absolute Gasteiger partial charge is 0.263 e. The number of carbonyl (C=O) groups excluding carboxylic acids is 1. The average molecular weight is 429 g/mol. The van der Waals surface area contributed by atoms with E-state index in [1.807, 2.05) is 19.2 Å². The van der Waals surface area contributed by atoms with Crippen molar-refractivity contribution < 1.29 is 23.2 Å². The number of ether oxygens (including phenoxy) is 3. The molecule has 0 spiro atoms. The summed E-state index contributed by atoms with van der Waals surface area (Å²) in [4.78, 5) is 13.0. The lowest BCUT2D eigenvalue weighted by Crippen LogP contribution is -2.26. The van der Waals surface area contributed by atoms with Crippen LogP contribution in [0.15, 0.2) is 53.7 Å². The summed E-state index contributed by atoms with van der Waals surface area (Å²) >= 11 is 0. The quantitative estimate of drug-likeness (QED) is 0.592. The van der Waals surface area contributed by atoms with Crippen molar-refractivity contribution in [3.63, 3.8) is 0 Å². The predicted molar refractivity (Wildman–Crippen MR) is 112 cm³/mol. The summed E-state index contributed by atoms with van der Waals surface area (Å²) in [6, 6.07) is 10.4. The number of methoxy groups -OCH3 is 3. The van der Waals surface area contributed by atoms with Gasteiger partial charge in [-0.1, -0.05) is 12.1 Å². The number of hydrogen-bond donors (Lipinski definition) is 1. The molecule has 1 N–H and O–H groups in total. The van der Waals surface area contributed by atoms with Gasteiger partial charge < -0.3 is 14.2 Å². The minimum Gasteiger partial charge on any atom is -0.496 e. The fraction of sp³-hybridized carbons (Fsp3) is 0.238. The van der Waals surface area contributed by atoms with E-state index in [0.29, 0.717) is 29.4 Å². The van der Waals surface area contributed by atoms with Crippen molar-refractivity contribution in [2.75, 3.05) is 21.3 Å². The van der Waals surface area contributed by atoms with E-state index in [9.17, 15) is 9.00 Å². The maximum atomic E-state index is 12.9. The molecule has 0 radical (unpaired) electrons. The van der Waals surface area contributed by atoms with Crippen LogP contribution < -0.4 is 18.9 Å². The Bertz CT molecular complexity index is 1070. The maximum Gasteiger partial charge on any atom is 0.263 e. The topological polar surface area (TPSA) is 91.7 Å². The van der Waals surface area contributed by atoms with Gasteiger partial charge in [-0.3, -0.25) is 14.2 Å². The fourth-order valence-corrected chi connectivity index (χ4v) is 4.15. The van der Waals surface area contributed by atoms with Crippen LogP contribution in [0.5, 0.6) is 17.2 Å². The Labute approximate surface area is 177 Å². The van der Waals surface area contributed by atoms with Gasteiger partial charge in [-0.15, -0.1) is 0 Å². The van der Waals surface area contributed by atoms with Gasteiger partial charge in [0, 0.05) is 23.5 Å². The van der Waals surface area contributed by atoms with Crippen LogP contribution in [0.3, 0.4) is 0 Å². The second-order valence-electron chi connectivity index (χ2n) is 6.38. The number of carbonyl (C=O) groups is 1. The van der Waals surface area contributed by atoms with Crippen LogP contribution >= 0.6 is 0 Å². The van der Waals surface area contributed by atoms with Crippen LogP contribution in [0.2, 0.25) is 0 Å². The molecule has 0 saturated carbocycles. The highest BCUT2D eigenvalue weighted by atomic mass is 32.2. The zero-order valence-electron chi connectivity index (χ0n) is 17.2. The molecule has 0 bridgehead atoms.